The van der Waals surface area contributed by atoms with Gasteiger partial charge in [0.2, 0.25) is 6.41 Å². The first-order valence-electron chi connectivity index (χ1n) is 8.57. The molecule has 1 amide bonds. The van der Waals surface area contributed by atoms with E-state index in [0.717, 1.165) is 23.1 Å². The largest absolute Gasteiger partial charge is 0.300 e. The zero-order valence-electron chi connectivity index (χ0n) is 14.9. The molecule has 0 aromatic heterocycles. The van der Waals surface area contributed by atoms with Crippen LogP contribution in [0.5, 0.6) is 0 Å². The van der Waals surface area contributed by atoms with E-state index in [-0.39, 0.29) is 5.78 Å². The Morgan fingerprint density at radius 2 is 1.38 bits per heavy atom. The topological polar surface area (TPSA) is 37.4 Å². The summed E-state index contributed by atoms with van der Waals surface area (Å²) in [6.45, 7) is 3.87. The van der Waals surface area contributed by atoms with Crippen LogP contribution in [-0.2, 0) is 4.79 Å². The van der Waals surface area contributed by atoms with Gasteiger partial charge in [-0.3, -0.25) is 14.5 Å². The standard InChI is InChI=1S/C23H21NO2/c1-17-10-6-8-14-20(17)22(23(26)21-15-9-7-11-18(21)2)24(16-25)19-12-4-3-5-13-19/h3-16,22H,1-2H3. The van der Waals surface area contributed by atoms with E-state index in [4.69, 9.17) is 0 Å². The highest BCUT2D eigenvalue weighted by Crippen LogP contribution is 2.31. The van der Waals surface area contributed by atoms with Crippen molar-refractivity contribution in [2.45, 2.75) is 19.9 Å². The number of para-hydroxylation sites is 1. The summed E-state index contributed by atoms with van der Waals surface area (Å²) in [4.78, 5) is 27.0. The van der Waals surface area contributed by atoms with Gasteiger partial charge in [-0.1, -0.05) is 66.7 Å². The van der Waals surface area contributed by atoms with Crippen LogP contribution >= 0.6 is 0 Å². The summed E-state index contributed by atoms with van der Waals surface area (Å²) in [5, 5.41) is 0. The van der Waals surface area contributed by atoms with Crippen molar-refractivity contribution in [1.29, 1.82) is 0 Å². The molecule has 3 nitrogen and oxygen atoms in total. The first-order valence-corrected chi connectivity index (χ1v) is 8.57. The zero-order chi connectivity index (χ0) is 18.5. The lowest BCUT2D eigenvalue weighted by atomic mass is 9.91. The van der Waals surface area contributed by atoms with Gasteiger partial charge in [-0.05, 0) is 42.7 Å². The van der Waals surface area contributed by atoms with Gasteiger partial charge in [0.1, 0.15) is 6.04 Å². The van der Waals surface area contributed by atoms with Crippen molar-refractivity contribution in [3.05, 3.63) is 101 Å². The van der Waals surface area contributed by atoms with Crippen molar-refractivity contribution in [3.63, 3.8) is 0 Å². The van der Waals surface area contributed by atoms with Crippen molar-refractivity contribution in [2.24, 2.45) is 0 Å². The van der Waals surface area contributed by atoms with Gasteiger partial charge >= 0.3 is 0 Å². The molecule has 0 fully saturated rings. The van der Waals surface area contributed by atoms with Crippen LogP contribution in [0.2, 0.25) is 0 Å². The normalized spacial score (nSPS) is 11.6. The maximum Gasteiger partial charge on any atom is 0.215 e. The molecule has 3 aromatic rings. The molecule has 0 bridgehead atoms. The fourth-order valence-electron chi connectivity index (χ4n) is 3.18. The monoisotopic (exact) mass is 343 g/mol. The van der Waals surface area contributed by atoms with Crippen LogP contribution in [0.15, 0.2) is 78.9 Å². The number of Topliss-reactive ketones (excluding diaryl/α,β-unsaturated/α-hetero) is 1. The van der Waals surface area contributed by atoms with Gasteiger partial charge in [0, 0.05) is 11.3 Å². The average Bonchev–Trinajstić information content (AvgIpc) is 2.67. The number of rotatable bonds is 6. The molecule has 0 N–H and O–H groups in total. The minimum absolute atomic E-state index is 0.0895. The molecule has 0 aliphatic rings. The Hall–Kier alpha value is -3.20. The number of ketones is 1. The minimum Gasteiger partial charge on any atom is -0.300 e. The van der Waals surface area contributed by atoms with Crippen LogP contribution in [0.3, 0.4) is 0 Å². The number of hydrogen-bond donors (Lipinski definition) is 0. The summed E-state index contributed by atoms with van der Waals surface area (Å²) in [5.41, 5.74) is 4.02. The lowest BCUT2D eigenvalue weighted by Gasteiger charge is -2.29. The second-order valence-electron chi connectivity index (χ2n) is 6.29. The summed E-state index contributed by atoms with van der Waals surface area (Å²) in [7, 11) is 0. The molecule has 3 aromatic carbocycles. The van der Waals surface area contributed by atoms with E-state index < -0.39 is 6.04 Å². The van der Waals surface area contributed by atoms with Crippen LogP contribution in [0.1, 0.15) is 33.1 Å². The molecule has 0 saturated carbocycles. The first-order chi connectivity index (χ1) is 12.6. The summed E-state index contributed by atoms with van der Waals surface area (Å²) in [6, 6.07) is 23.8. The number of amides is 1. The van der Waals surface area contributed by atoms with E-state index >= 15 is 0 Å². The van der Waals surface area contributed by atoms with Crippen molar-refractivity contribution in [3.8, 4) is 0 Å². The van der Waals surface area contributed by atoms with E-state index in [1.54, 1.807) is 0 Å². The van der Waals surface area contributed by atoms with Crippen molar-refractivity contribution < 1.29 is 9.59 Å². The Bertz CT molecular complexity index is 918. The first kappa shape index (κ1) is 17.6. The van der Waals surface area contributed by atoms with Crippen LogP contribution in [0.4, 0.5) is 5.69 Å². The summed E-state index contributed by atoms with van der Waals surface area (Å²) >= 11 is 0. The van der Waals surface area contributed by atoms with Crippen molar-refractivity contribution >= 4 is 17.9 Å². The van der Waals surface area contributed by atoms with Gasteiger partial charge in [0.05, 0.1) is 0 Å². The number of nitrogens with zero attached hydrogens (tertiary/aromatic N) is 1. The molecule has 1 atom stereocenters. The maximum absolute atomic E-state index is 13.5. The van der Waals surface area contributed by atoms with Crippen LogP contribution < -0.4 is 4.90 Å². The van der Waals surface area contributed by atoms with Crippen molar-refractivity contribution in [2.75, 3.05) is 4.90 Å². The number of hydrogen-bond acceptors (Lipinski definition) is 2. The molecule has 0 aliphatic carbocycles. The van der Waals surface area contributed by atoms with Crippen LogP contribution in [0.25, 0.3) is 0 Å². The molecule has 0 spiro atoms. The quantitative estimate of drug-likeness (QED) is 0.472. The van der Waals surface area contributed by atoms with E-state index in [1.165, 1.54) is 4.90 Å². The lowest BCUT2D eigenvalue weighted by molar-refractivity contribution is -0.107. The Balaban J connectivity index is 2.17. The highest BCUT2D eigenvalue weighted by molar-refractivity contribution is 6.06. The van der Waals surface area contributed by atoms with Crippen LogP contribution in [-0.4, -0.2) is 12.2 Å². The smallest absolute Gasteiger partial charge is 0.215 e. The predicted molar refractivity (Wildman–Crippen MR) is 104 cm³/mol. The second-order valence-corrected chi connectivity index (χ2v) is 6.29. The number of benzene rings is 3. The Morgan fingerprint density at radius 3 is 2.00 bits per heavy atom. The van der Waals surface area contributed by atoms with E-state index in [0.29, 0.717) is 11.3 Å². The number of carbonyl (C=O) groups is 2. The fourth-order valence-corrected chi connectivity index (χ4v) is 3.18. The van der Waals surface area contributed by atoms with Gasteiger partial charge in [0.25, 0.3) is 0 Å². The molecule has 0 heterocycles. The van der Waals surface area contributed by atoms with Crippen LogP contribution in [0, 0.1) is 13.8 Å². The molecule has 26 heavy (non-hydrogen) atoms. The van der Waals surface area contributed by atoms with Gasteiger partial charge in [-0.25, -0.2) is 0 Å². The second kappa shape index (κ2) is 7.79. The van der Waals surface area contributed by atoms with Gasteiger partial charge in [0.15, 0.2) is 5.78 Å². The minimum atomic E-state index is -0.711. The SMILES string of the molecule is Cc1ccccc1C(=O)C(c1ccccc1C)N(C=O)c1ccccc1. The molecular weight excluding hydrogens is 322 g/mol. The predicted octanol–water partition coefficient (Wildman–Crippen LogP) is 4.89. The molecule has 1 unspecified atom stereocenters. The molecule has 130 valence electrons. The van der Waals surface area contributed by atoms with Crippen molar-refractivity contribution in [1.82, 2.24) is 0 Å². The molecule has 3 heteroatoms. The van der Waals surface area contributed by atoms with Gasteiger partial charge in [-0.2, -0.15) is 0 Å². The Labute approximate surface area is 153 Å². The zero-order valence-corrected chi connectivity index (χ0v) is 14.9. The average molecular weight is 343 g/mol. The van der Waals surface area contributed by atoms with E-state index in [2.05, 4.69) is 0 Å². The lowest BCUT2D eigenvalue weighted by Crippen LogP contribution is -2.34. The number of anilines is 1. The summed E-state index contributed by atoms with van der Waals surface area (Å²) in [5.74, 6) is -0.0895. The third kappa shape index (κ3) is 3.42. The summed E-state index contributed by atoms with van der Waals surface area (Å²) < 4.78 is 0. The number of carbonyl (C=O) groups excluding carboxylic acids is 2. The molecular formula is C23H21NO2. The third-order valence-electron chi connectivity index (χ3n) is 4.59. The highest BCUT2D eigenvalue weighted by atomic mass is 16.1. The molecule has 0 aliphatic heterocycles. The fraction of sp³-hybridized carbons (Fsp3) is 0.130. The molecule has 0 saturated heterocycles. The van der Waals surface area contributed by atoms with E-state index in [1.807, 2.05) is 92.7 Å². The molecule has 0 radical (unpaired) electrons. The number of aryl methyl sites for hydroxylation is 2. The molecule has 3 rings (SSSR count). The Morgan fingerprint density at radius 1 is 0.808 bits per heavy atom. The third-order valence-corrected chi connectivity index (χ3v) is 4.59. The van der Waals surface area contributed by atoms with Gasteiger partial charge < -0.3 is 0 Å². The maximum atomic E-state index is 13.5. The highest BCUT2D eigenvalue weighted by Gasteiger charge is 2.30. The Kier molecular flexibility index (Phi) is 5.28. The van der Waals surface area contributed by atoms with E-state index in [9.17, 15) is 9.59 Å². The van der Waals surface area contributed by atoms with Gasteiger partial charge in [-0.15, -0.1) is 0 Å². The summed E-state index contributed by atoms with van der Waals surface area (Å²) in [6.07, 6.45) is 0.739.